The number of amides is 1. The summed E-state index contributed by atoms with van der Waals surface area (Å²) in [6, 6.07) is 13.4. The van der Waals surface area contributed by atoms with Crippen molar-refractivity contribution in [2.24, 2.45) is 0 Å². The molecule has 1 aliphatic rings. The van der Waals surface area contributed by atoms with E-state index in [9.17, 15) is 23.1 Å². The van der Waals surface area contributed by atoms with E-state index in [2.05, 4.69) is 15.0 Å². The zero-order valence-corrected chi connectivity index (χ0v) is 23.7. The van der Waals surface area contributed by atoms with Gasteiger partial charge in [-0.05, 0) is 55.8 Å². The minimum absolute atomic E-state index is 0.0120. The van der Waals surface area contributed by atoms with E-state index in [1.165, 1.54) is 14.0 Å². The number of rotatable bonds is 7. The van der Waals surface area contributed by atoms with Gasteiger partial charge in [-0.1, -0.05) is 12.1 Å². The summed E-state index contributed by atoms with van der Waals surface area (Å²) in [5.74, 6) is 0.775. The van der Waals surface area contributed by atoms with Gasteiger partial charge in [-0.15, -0.1) is 0 Å². The summed E-state index contributed by atoms with van der Waals surface area (Å²) in [6.07, 6.45) is -3.58. The lowest BCUT2D eigenvalue weighted by Crippen LogP contribution is -2.55. The highest BCUT2D eigenvalue weighted by Gasteiger charge is 2.39. The Morgan fingerprint density at radius 1 is 1.10 bits per heavy atom. The van der Waals surface area contributed by atoms with Crippen LogP contribution in [0.3, 0.4) is 0 Å². The number of piperazine rings is 1. The number of hydrogen-bond donors (Lipinski definition) is 1. The standard InChI is InChI=1S/C30H32F3N5O4/c1-18-16-36(25(17-39)21-6-5-7-23(14-21)42-4)12-13-37(18)29(40)24-15-34-38-27(30(31,32)33)19(2)26(35-28(24)38)20-8-10-22(41-3)11-9-20/h5-11,14-15,18,25,39H,12-13,16-17H2,1-4H3/t18-,25?/m1/s1. The molecule has 2 atom stereocenters. The number of hydrogen-bond acceptors (Lipinski definition) is 7. The summed E-state index contributed by atoms with van der Waals surface area (Å²) in [5, 5.41) is 14.2. The molecular formula is C30H32F3N5O4. The van der Waals surface area contributed by atoms with Crippen LogP contribution in [-0.2, 0) is 6.18 Å². The molecule has 0 radical (unpaired) electrons. The van der Waals surface area contributed by atoms with E-state index in [1.54, 1.807) is 36.3 Å². The average Bonchev–Trinajstić information content (AvgIpc) is 3.39. The van der Waals surface area contributed by atoms with Gasteiger partial charge >= 0.3 is 6.18 Å². The van der Waals surface area contributed by atoms with Crippen molar-refractivity contribution in [1.29, 1.82) is 0 Å². The van der Waals surface area contributed by atoms with Crippen LogP contribution in [0.2, 0.25) is 0 Å². The summed E-state index contributed by atoms with van der Waals surface area (Å²) < 4.78 is 54.2. The summed E-state index contributed by atoms with van der Waals surface area (Å²) in [6.45, 7) is 4.30. The van der Waals surface area contributed by atoms with Crippen LogP contribution in [0.5, 0.6) is 11.5 Å². The third kappa shape index (κ3) is 5.39. The third-order valence-electron chi connectivity index (χ3n) is 7.76. The molecule has 222 valence electrons. The zero-order valence-electron chi connectivity index (χ0n) is 23.7. The van der Waals surface area contributed by atoms with Crippen molar-refractivity contribution in [1.82, 2.24) is 24.4 Å². The van der Waals surface area contributed by atoms with E-state index in [-0.39, 0.29) is 41.2 Å². The first kappa shape index (κ1) is 29.3. The van der Waals surface area contributed by atoms with Gasteiger partial charge in [0.15, 0.2) is 11.3 Å². The van der Waals surface area contributed by atoms with E-state index in [4.69, 9.17) is 9.47 Å². The third-order valence-corrected chi connectivity index (χ3v) is 7.76. The molecule has 2 aromatic heterocycles. The Labute approximate surface area is 241 Å². The number of methoxy groups -OCH3 is 2. The van der Waals surface area contributed by atoms with Crippen LogP contribution in [0.15, 0.2) is 54.7 Å². The molecule has 1 unspecified atom stereocenters. The molecule has 1 saturated heterocycles. The fourth-order valence-electron chi connectivity index (χ4n) is 5.59. The molecule has 9 nitrogen and oxygen atoms in total. The van der Waals surface area contributed by atoms with Crippen molar-refractivity contribution >= 4 is 11.6 Å². The quantitative estimate of drug-likeness (QED) is 0.340. The maximum Gasteiger partial charge on any atom is 0.433 e. The second-order valence-electron chi connectivity index (χ2n) is 10.3. The van der Waals surface area contributed by atoms with Gasteiger partial charge in [0, 0.05) is 36.8 Å². The molecule has 12 heteroatoms. The van der Waals surface area contributed by atoms with Gasteiger partial charge in [0.05, 0.1) is 38.8 Å². The predicted octanol–water partition coefficient (Wildman–Crippen LogP) is 4.62. The van der Waals surface area contributed by atoms with Gasteiger partial charge in [0.1, 0.15) is 17.1 Å². The number of benzene rings is 2. The van der Waals surface area contributed by atoms with Crippen LogP contribution < -0.4 is 9.47 Å². The molecule has 42 heavy (non-hydrogen) atoms. The normalized spacial score (nSPS) is 17.0. The minimum Gasteiger partial charge on any atom is -0.497 e. The Hall–Kier alpha value is -4.16. The highest BCUT2D eigenvalue weighted by Crippen LogP contribution is 2.37. The summed E-state index contributed by atoms with van der Waals surface area (Å²) in [7, 11) is 3.08. The van der Waals surface area contributed by atoms with Crippen molar-refractivity contribution in [3.63, 3.8) is 0 Å². The fourth-order valence-corrected chi connectivity index (χ4v) is 5.59. The van der Waals surface area contributed by atoms with Crippen molar-refractivity contribution in [3.05, 3.63) is 77.1 Å². The maximum atomic E-state index is 14.3. The molecule has 3 heterocycles. The molecule has 1 amide bonds. The first-order valence-electron chi connectivity index (χ1n) is 13.5. The molecule has 1 N–H and O–H groups in total. The number of ether oxygens (including phenoxy) is 2. The van der Waals surface area contributed by atoms with Crippen LogP contribution in [-0.4, -0.2) is 81.9 Å². The molecular weight excluding hydrogens is 551 g/mol. The zero-order chi connectivity index (χ0) is 30.2. The maximum absolute atomic E-state index is 14.3. The highest BCUT2D eigenvalue weighted by atomic mass is 19.4. The van der Waals surface area contributed by atoms with Crippen molar-refractivity contribution in [2.75, 3.05) is 40.5 Å². The topological polar surface area (TPSA) is 92.4 Å². The number of nitrogens with zero attached hydrogens (tertiary/aromatic N) is 5. The second kappa shape index (κ2) is 11.6. The van der Waals surface area contributed by atoms with Gasteiger partial charge in [0.2, 0.25) is 0 Å². The highest BCUT2D eigenvalue weighted by molar-refractivity contribution is 6.00. The molecule has 1 fully saturated rings. The van der Waals surface area contributed by atoms with Crippen LogP contribution in [0.4, 0.5) is 13.2 Å². The van der Waals surface area contributed by atoms with Gasteiger partial charge in [-0.3, -0.25) is 9.69 Å². The Bertz CT molecular complexity index is 1590. The molecule has 0 aliphatic carbocycles. The monoisotopic (exact) mass is 583 g/mol. The van der Waals surface area contributed by atoms with Crippen LogP contribution in [0.1, 0.15) is 40.1 Å². The molecule has 5 rings (SSSR count). The fraction of sp³-hybridized carbons (Fsp3) is 0.367. The summed E-state index contributed by atoms with van der Waals surface area (Å²) in [4.78, 5) is 22.1. The van der Waals surface area contributed by atoms with E-state index >= 15 is 0 Å². The number of alkyl halides is 3. The number of carbonyl (C=O) groups excluding carboxylic acids is 1. The Morgan fingerprint density at radius 2 is 1.81 bits per heavy atom. The molecule has 2 aromatic carbocycles. The second-order valence-corrected chi connectivity index (χ2v) is 10.3. The van der Waals surface area contributed by atoms with E-state index < -0.39 is 17.8 Å². The Kier molecular flexibility index (Phi) is 8.11. The van der Waals surface area contributed by atoms with Gasteiger partial charge in [-0.2, -0.15) is 18.3 Å². The van der Waals surface area contributed by atoms with Crippen molar-refractivity contribution in [3.8, 4) is 22.8 Å². The van der Waals surface area contributed by atoms with Crippen molar-refractivity contribution in [2.45, 2.75) is 32.1 Å². The lowest BCUT2D eigenvalue weighted by Gasteiger charge is -2.43. The molecule has 0 bridgehead atoms. The Balaban J connectivity index is 1.47. The molecule has 1 aliphatic heterocycles. The lowest BCUT2D eigenvalue weighted by molar-refractivity contribution is -0.143. The van der Waals surface area contributed by atoms with E-state index in [0.717, 1.165) is 11.8 Å². The number of halogens is 3. The minimum atomic E-state index is -4.74. The molecule has 4 aromatic rings. The van der Waals surface area contributed by atoms with Crippen LogP contribution in [0.25, 0.3) is 16.9 Å². The van der Waals surface area contributed by atoms with Crippen molar-refractivity contribution < 1.29 is 32.5 Å². The number of carbonyl (C=O) groups is 1. The number of aliphatic hydroxyl groups is 1. The largest absolute Gasteiger partial charge is 0.497 e. The first-order chi connectivity index (χ1) is 20.1. The Morgan fingerprint density at radius 3 is 2.43 bits per heavy atom. The van der Waals surface area contributed by atoms with Gasteiger partial charge < -0.3 is 19.5 Å². The van der Waals surface area contributed by atoms with Crippen LogP contribution >= 0.6 is 0 Å². The number of fused-ring (bicyclic) bond motifs is 1. The SMILES string of the molecule is COc1ccc(-c2nc3c(C(=O)N4CCN(C(CO)c5cccc(OC)c5)C[C@H]4C)cnn3c(C(F)(F)F)c2C)cc1. The van der Waals surface area contributed by atoms with E-state index in [1.807, 2.05) is 31.2 Å². The summed E-state index contributed by atoms with van der Waals surface area (Å²) >= 11 is 0. The number of aromatic nitrogens is 3. The average molecular weight is 584 g/mol. The van der Waals surface area contributed by atoms with E-state index in [0.29, 0.717) is 41.2 Å². The summed E-state index contributed by atoms with van der Waals surface area (Å²) in [5.41, 5.74) is 0.183. The number of aliphatic hydroxyl groups excluding tert-OH is 1. The van der Waals surface area contributed by atoms with Crippen LogP contribution in [0, 0.1) is 6.92 Å². The van der Waals surface area contributed by atoms with Gasteiger partial charge in [0.25, 0.3) is 5.91 Å². The lowest BCUT2D eigenvalue weighted by atomic mass is 10.0. The van der Waals surface area contributed by atoms with Gasteiger partial charge in [-0.25, -0.2) is 9.50 Å². The smallest absolute Gasteiger partial charge is 0.433 e. The first-order valence-corrected chi connectivity index (χ1v) is 13.5. The molecule has 0 spiro atoms. The molecule has 0 saturated carbocycles. The predicted molar refractivity (Wildman–Crippen MR) is 150 cm³/mol.